The van der Waals surface area contributed by atoms with Crippen molar-refractivity contribution in [2.75, 3.05) is 6.54 Å². The number of amides is 2. The van der Waals surface area contributed by atoms with Crippen LogP contribution in [0.3, 0.4) is 0 Å². The molecular weight excluding hydrogens is 360 g/mol. The van der Waals surface area contributed by atoms with Crippen LogP contribution in [0.1, 0.15) is 73.1 Å². The molecular formula is C25H38N2O2. The lowest BCUT2D eigenvalue weighted by molar-refractivity contribution is -0.131. The van der Waals surface area contributed by atoms with E-state index in [2.05, 4.69) is 51.5 Å². The summed E-state index contributed by atoms with van der Waals surface area (Å²) in [6.07, 6.45) is 5.86. The Hall–Kier alpha value is -1.58. The van der Waals surface area contributed by atoms with Crippen molar-refractivity contribution >= 4 is 11.8 Å². The van der Waals surface area contributed by atoms with Gasteiger partial charge in [-0.2, -0.15) is 0 Å². The predicted molar refractivity (Wildman–Crippen MR) is 116 cm³/mol. The van der Waals surface area contributed by atoms with Gasteiger partial charge in [0.2, 0.25) is 11.8 Å². The normalized spacial score (nSPS) is 39.6. The van der Waals surface area contributed by atoms with Gasteiger partial charge in [0.05, 0.1) is 10.8 Å². The van der Waals surface area contributed by atoms with Crippen molar-refractivity contribution in [3.05, 3.63) is 24.3 Å². The highest BCUT2D eigenvalue weighted by Gasteiger charge is 2.62. The van der Waals surface area contributed by atoms with Crippen molar-refractivity contribution in [1.29, 1.82) is 0 Å². The maximum atomic E-state index is 13.2. The van der Waals surface area contributed by atoms with E-state index in [1.807, 2.05) is 6.92 Å². The van der Waals surface area contributed by atoms with Gasteiger partial charge in [-0.25, -0.2) is 0 Å². The highest BCUT2D eigenvalue weighted by molar-refractivity contribution is 5.89. The number of nitrogens with one attached hydrogen (secondary N) is 2. The molecule has 0 unspecified atom stereocenters. The quantitative estimate of drug-likeness (QED) is 0.676. The molecule has 4 saturated carbocycles. The van der Waals surface area contributed by atoms with E-state index < -0.39 is 10.8 Å². The van der Waals surface area contributed by atoms with Crippen LogP contribution in [0.15, 0.2) is 24.3 Å². The number of fused-ring (bicyclic) bond motifs is 4. The van der Waals surface area contributed by atoms with Crippen molar-refractivity contribution in [2.24, 2.45) is 33.5 Å². The zero-order chi connectivity index (χ0) is 21.4. The van der Waals surface area contributed by atoms with E-state index in [1.54, 1.807) is 0 Å². The first-order valence-electron chi connectivity index (χ1n) is 11.4. The molecule has 0 saturated heterocycles. The van der Waals surface area contributed by atoms with Crippen LogP contribution in [0.2, 0.25) is 0 Å². The fourth-order valence-corrected chi connectivity index (χ4v) is 7.11. The van der Waals surface area contributed by atoms with E-state index in [0.717, 1.165) is 49.7 Å². The highest BCUT2D eigenvalue weighted by Crippen LogP contribution is 2.66. The molecule has 4 fully saturated rings. The third-order valence-electron chi connectivity index (χ3n) is 9.60. The van der Waals surface area contributed by atoms with Crippen LogP contribution >= 0.6 is 0 Å². The summed E-state index contributed by atoms with van der Waals surface area (Å²) in [6.45, 7) is 20.0. The van der Waals surface area contributed by atoms with Gasteiger partial charge in [0.1, 0.15) is 0 Å². The standard InChI is InChI=1S/C25H38N2O2/c1-15(27-21(29)25-11-9-19(13-25)23(6,7)17(25)3)14-26-20(28)24-10-8-18(12-24)22(4,5)16(24)2/h15,18-19H,2-3,8-14H2,1,4-7H3,(H,26,28)(H,27,29)/t15-,18+,19+,24+,25+/m1/s1. The first-order valence-corrected chi connectivity index (χ1v) is 11.4. The van der Waals surface area contributed by atoms with E-state index in [4.69, 9.17) is 0 Å². The Morgan fingerprint density at radius 1 is 0.931 bits per heavy atom. The van der Waals surface area contributed by atoms with E-state index in [-0.39, 0.29) is 28.7 Å². The summed E-state index contributed by atoms with van der Waals surface area (Å²) in [6, 6.07) is -0.104. The molecule has 29 heavy (non-hydrogen) atoms. The van der Waals surface area contributed by atoms with Crippen LogP contribution in [0, 0.1) is 33.5 Å². The molecule has 4 rings (SSSR count). The zero-order valence-electron chi connectivity index (χ0n) is 18.9. The molecule has 0 radical (unpaired) electrons. The third-order valence-corrected chi connectivity index (χ3v) is 9.60. The van der Waals surface area contributed by atoms with Gasteiger partial charge in [-0.15, -0.1) is 0 Å². The van der Waals surface area contributed by atoms with E-state index in [1.165, 1.54) is 0 Å². The maximum absolute atomic E-state index is 13.2. The molecule has 0 aromatic heterocycles. The van der Waals surface area contributed by atoms with E-state index >= 15 is 0 Å². The monoisotopic (exact) mass is 398 g/mol. The second-order valence-electron chi connectivity index (χ2n) is 11.5. The van der Waals surface area contributed by atoms with Crippen molar-refractivity contribution < 1.29 is 9.59 Å². The van der Waals surface area contributed by atoms with Gasteiger partial charge in [-0.05, 0) is 68.1 Å². The highest BCUT2D eigenvalue weighted by atomic mass is 16.2. The van der Waals surface area contributed by atoms with Crippen LogP contribution in [0.5, 0.6) is 0 Å². The van der Waals surface area contributed by atoms with Crippen LogP contribution in [-0.4, -0.2) is 24.4 Å². The van der Waals surface area contributed by atoms with Crippen molar-refractivity contribution in [3.8, 4) is 0 Å². The summed E-state index contributed by atoms with van der Waals surface area (Å²) in [4.78, 5) is 26.3. The minimum atomic E-state index is -0.409. The number of hydrogen-bond donors (Lipinski definition) is 2. The molecule has 0 spiro atoms. The second-order valence-corrected chi connectivity index (χ2v) is 11.5. The van der Waals surface area contributed by atoms with E-state index in [9.17, 15) is 9.59 Å². The van der Waals surface area contributed by atoms with Gasteiger partial charge < -0.3 is 10.6 Å². The summed E-state index contributed by atoms with van der Waals surface area (Å²) < 4.78 is 0. The Morgan fingerprint density at radius 3 is 1.79 bits per heavy atom. The average molecular weight is 399 g/mol. The minimum absolute atomic E-state index is 0.0425. The fourth-order valence-electron chi connectivity index (χ4n) is 7.11. The number of hydrogen-bond acceptors (Lipinski definition) is 2. The van der Waals surface area contributed by atoms with Crippen molar-refractivity contribution in [3.63, 3.8) is 0 Å². The number of rotatable bonds is 5. The fraction of sp³-hybridized carbons (Fsp3) is 0.760. The van der Waals surface area contributed by atoms with E-state index in [0.29, 0.717) is 18.4 Å². The SMILES string of the molecule is C=C1C(C)(C)[C@H]2CC[C@]1(C(=O)NC[C@@H](C)NC(=O)[C@@]13CC[C@@H](C1)C(C)(C)C3=C)C2. The van der Waals surface area contributed by atoms with Gasteiger partial charge in [-0.3, -0.25) is 9.59 Å². The molecule has 4 heteroatoms. The van der Waals surface area contributed by atoms with Gasteiger partial charge in [0.25, 0.3) is 0 Å². The Labute approximate surface area is 176 Å². The van der Waals surface area contributed by atoms with Crippen LogP contribution in [0.25, 0.3) is 0 Å². The summed E-state index contributed by atoms with van der Waals surface area (Å²) in [7, 11) is 0. The molecule has 5 atom stereocenters. The maximum Gasteiger partial charge on any atom is 0.230 e. The third kappa shape index (κ3) is 2.63. The van der Waals surface area contributed by atoms with Crippen LogP contribution in [-0.2, 0) is 9.59 Å². The summed E-state index contributed by atoms with van der Waals surface area (Å²) in [5, 5.41) is 6.32. The molecule has 4 bridgehead atoms. The van der Waals surface area contributed by atoms with Gasteiger partial charge in [0.15, 0.2) is 0 Å². The Kier molecular flexibility index (Phi) is 4.43. The molecule has 4 nitrogen and oxygen atoms in total. The Bertz CT molecular complexity index is 795. The Balaban J connectivity index is 1.36. The van der Waals surface area contributed by atoms with Gasteiger partial charge in [0, 0.05) is 12.6 Å². The minimum Gasteiger partial charge on any atom is -0.353 e. The first-order chi connectivity index (χ1) is 13.4. The molecule has 2 amide bonds. The topological polar surface area (TPSA) is 58.2 Å². The van der Waals surface area contributed by atoms with Gasteiger partial charge in [-0.1, -0.05) is 52.0 Å². The summed E-state index contributed by atoms with van der Waals surface area (Å²) in [5.74, 6) is 1.32. The first kappa shape index (κ1) is 20.7. The molecule has 4 aliphatic carbocycles. The number of carbonyl (C=O) groups is 2. The van der Waals surface area contributed by atoms with Crippen molar-refractivity contribution in [2.45, 2.75) is 79.2 Å². The molecule has 0 heterocycles. The molecule has 160 valence electrons. The van der Waals surface area contributed by atoms with Crippen LogP contribution < -0.4 is 10.6 Å². The molecule has 0 aromatic carbocycles. The lowest BCUT2D eigenvalue weighted by Gasteiger charge is -2.38. The predicted octanol–water partition coefficient (Wildman–Crippen LogP) is 4.37. The van der Waals surface area contributed by atoms with Crippen LogP contribution in [0.4, 0.5) is 0 Å². The smallest absolute Gasteiger partial charge is 0.230 e. The Morgan fingerprint density at radius 2 is 1.38 bits per heavy atom. The molecule has 0 aliphatic heterocycles. The van der Waals surface area contributed by atoms with Crippen molar-refractivity contribution in [1.82, 2.24) is 10.6 Å². The molecule has 2 N–H and O–H groups in total. The number of carbonyl (C=O) groups excluding carboxylic acids is 2. The molecule has 4 aliphatic rings. The average Bonchev–Trinajstić information content (AvgIpc) is 3.37. The summed E-state index contributed by atoms with van der Waals surface area (Å²) in [5.41, 5.74) is 1.46. The largest absolute Gasteiger partial charge is 0.353 e. The zero-order valence-corrected chi connectivity index (χ0v) is 18.9. The second kappa shape index (κ2) is 6.21. The summed E-state index contributed by atoms with van der Waals surface area (Å²) >= 11 is 0. The lowest BCUT2D eigenvalue weighted by Crippen LogP contribution is -2.50. The lowest BCUT2D eigenvalue weighted by atomic mass is 9.68. The van der Waals surface area contributed by atoms with Gasteiger partial charge >= 0.3 is 0 Å². The molecule has 0 aromatic rings.